The fourth-order valence-electron chi connectivity index (χ4n) is 1.22. The second kappa shape index (κ2) is 4.55. The van der Waals surface area contributed by atoms with E-state index < -0.39 is 0 Å². The third-order valence-corrected chi connectivity index (χ3v) is 2.18. The molecular weight excluding hydrogens is 170 g/mol. The molecule has 0 heterocycles. The van der Waals surface area contributed by atoms with Crippen LogP contribution in [0.1, 0.15) is 19.3 Å². The van der Waals surface area contributed by atoms with E-state index in [2.05, 4.69) is 19.2 Å². The molecule has 0 aromatic heterocycles. The van der Waals surface area contributed by atoms with E-state index in [1.165, 1.54) is 0 Å². The third-order valence-electron chi connectivity index (χ3n) is 1.96. The molecule has 12 heavy (non-hydrogen) atoms. The van der Waals surface area contributed by atoms with Crippen molar-refractivity contribution in [1.29, 1.82) is 0 Å². The van der Waals surface area contributed by atoms with Gasteiger partial charge in [0.1, 0.15) is 0 Å². The molecule has 1 amide bonds. The van der Waals surface area contributed by atoms with Crippen LogP contribution in [0, 0.1) is 0 Å². The first-order valence-electron chi connectivity index (χ1n) is 4.30. The van der Waals surface area contributed by atoms with Gasteiger partial charge in [-0.15, -0.1) is 6.58 Å². The predicted molar refractivity (Wildman–Crippen MR) is 53.4 cm³/mol. The fraction of sp³-hybridized carbons (Fsp3) is 0.667. The number of thiol groups is 1. The Morgan fingerprint density at radius 2 is 2.33 bits per heavy atom. The topological polar surface area (TPSA) is 20.3 Å². The standard InChI is InChI=1S/C9H15NOS/c1-2-6-10(8-3-4-8)9(11)5-7-12/h2,8,12H,1,3-7H2. The second-order valence-corrected chi connectivity index (χ2v) is 3.49. The monoisotopic (exact) mass is 185 g/mol. The zero-order valence-corrected chi connectivity index (χ0v) is 8.09. The maximum atomic E-state index is 11.4. The molecule has 1 fully saturated rings. The molecule has 0 atom stereocenters. The Morgan fingerprint density at radius 3 is 2.75 bits per heavy atom. The summed E-state index contributed by atoms with van der Waals surface area (Å²) >= 11 is 4.04. The lowest BCUT2D eigenvalue weighted by Crippen LogP contribution is -2.33. The lowest BCUT2D eigenvalue weighted by molar-refractivity contribution is -0.130. The maximum Gasteiger partial charge on any atom is 0.223 e. The van der Waals surface area contributed by atoms with Gasteiger partial charge in [-0.1, -0.05) is 6.08 Å². The van der Waals surface area contributed by atoms with Crippen molar-refractivity contribution in [3.63, 3.8) is 0 Å². The van der Waals surface area contributed by atoms with Crippen LogP contribution in [0.4, 0.5) is 0 Å². The highest BCUT2D eigenvalue weighted by atomic mass is 32.1. The van der Waals surface area contributed by atoms with Crippen LogP contribution >= 0.6 is 12.6 Å². The van der Waals surface area contributed by atoms with Crippen molar-refractivity contribution in [3.8, 4) is 0 Å². The molecule has 1 rings (SSSR count). The van der Waals surface area contributed by atoms with E-state index in [1.807, 2.05) is 4.90 Å². The van der Waals surface area contributed by atoms with Gasteiger partial charge in [0.2, 0.25) is 5.91 Å². The highest BCUT2D eigenvalue weighted by molar-refractivity contribution is 7.80. The van der Waals surface area contributed by atoms with Crippen LogP contribution in [-0.2, 0) is 4.79 Å². The summed E-state index contributed by atoms with van der Waals surface area (Å²) in [5, 5.41) is 0. The first kappa shape index (κ1) is 9.65. The minimum Gasteiger partial charge on any atom is -0.336 e. The second-order valence-electron chi connectivity index (χ2n) is 3.04. The summed E-state index contributed by atoms with van der Waals surface area (Å²) < 4.78 is 0. The van der Waals surface area contributed by atoms with Crippen LogP contribution < -0.4 is 0 Å². The van der Waals surface area contributed by atoms with Gasteiger partial charge in [-0.3, -0.25) is 4.79 Å². The van der Waals surface area contributed by atoms with Crippen LogP contribution in [0.5, 0.6) is 0 Å². The molecule has 2 nitrogen and oxygen atoms in total. The molecule has 0 aliphatic heterocycles. The first-order valence-corrected chi connectivity index (χ1v) is 4.94. The molecule has 0 N–H and O–H groups in total. The number of nitrogens with zero attached hydrogens (tertiary/aromatic N) is 1. The highest BCUT2D eigenvalue weighted by Gasteiger charge is 2.30. The Bertz CT molecular complexity index is 177. The van der Waals surface area contributed by atoms with Gasteiger partial charge in [0.15, 0.2) is 0 Å². The van der Waals surface area contributed by atoms with E-state index in [1.54, 1.807) is 6.08 Å². The van der Waals surface area contributed by atoms with E-state index in [0.717, 1.165) is 12.8 Å². The zero-order chi connectivity index (χ0) is 8.97. The van der Waals surface area contributed by atoms with E-state index in [9.17, 15) is 4.79 Å². The molecule has 0 aromatic rings. The number of hydrogen-bond donors (Lipinski definition) is 1. The summed E-state index contributed by atoms with van der Waals surface area (Å²) in [6, 6.07) is 0.496. The Labute approximate surface area is 79.0 Å². The Balaban J connectivity index is 2.39. The van der Waals surface area contributed by atoms with Crippen LogP contribution in [0.2, 0.25) is 0 Å². The van der Waals surface area contributed by atoms with Crippen molar-refractivity contribution in [2.24, 2.45) is 0 Å². The SMILES string of the molecule is C=CCN(C(=O)CCS)C1CC1. The molecule has 1 saturated carbocycles. The predicted octanol–water partition coefficient (Wildman–Crippen LogP) is 1.48. The molecule has 1 aliphatic carbocycles. The van der Waals surface area contributed by atoms with Crippen molar-refractivity contribution in [2.75, 3.05) is 12.3 Å². The van der Waals surface area contributed by atoms with Crippen molar-refractivity contribution in [1.82, 2.24) is 4.90 Å². The van der Waals surface area contributed by atoms with Gasteiger partial charge >= 0.3 is 0 Å². The Kier molecular flexibility index (Phi) is 3.66. The summed E-state index contributed by atoms with van der Waals surface area (Å²) in [5.41, 5.74) is 0. The van der Waals surface area contributed by atoms with Gasteiger partial charge < -0.3 is 4.90 Å². The summed E-state index contributed by atoms with van der Waals surface area (Å²) in [7, 11) is 0. The van der Waals surface area contributed by atoms with Crippen molar-refractivity contribution < 1.29 is 4.79 Å². The lowest BCUT2D eigenvalue weighted by Gasteiger charge is -2.19. The molecule has 0 saturated heterocycles. The molecule has 68 valence electrons. The van der Waals surface area contributed by atoms with Gasteiger partial charge in [0.25, 0.3) is 0 Å². The summed E-state index contributed by atoms with van der Waals surface area (Å²) in [5.74, 6) is 0.853. The number of rotatable bonds is 5. The summed E-state index contributed by atoms with van der Waals surface area (Å²) in [6.07, 6.45) is 4.65. The number of carbonyl (C=O) groups is 1. The van der Waals surface area contributed by atoms with Gasteiger partial charge in [-0.25, -0.2) is 0 Å². The van der Waals surface area contributed by atoms with Crippen molar-refractivity contribution in [2.45, 2.75) is 25.3 Å². The van der Waals surface area contributed by atoms with Crippen molar-refractivity contribution in [3.05, 3.63) is 12.7 Å². The number of amides is 1. The lowest BCUT2D eigenvalue weighted by atomic mass is 10.3. The quantitative estimate of drug-likeness (QED) is 0.508. The molecule has 0 aromatic carbocycles. The maximum absolute atomic E-state index is 11.4. The number of carbonyl (C=O) groups excluding carboxylic acids is 1. The number of hydrogen-bond acceptors (Lipinski definition) is 2. The highest BCUT2D eigenvalue weighted by Crippen LogP contribution is 2.27. The van der Waals surface area contributed by atoms with E-state index in [4.69, 9.17) is 0 Å². The van der Waals surface area contributed by atoms with Gasteiger partial charge in [0.05, 0.1) is 0 Å². The molecule has 0 spiro atoms. The summed E-state index contributed by atoms with van der Waals surface area (Å²) in [4.78, 5) is 13.3. The normalized spacial score (nSPS) is 15.8. The van der Waals surface area contributed by atoms with Crippen LogP contribution in [-0.4, -0.2) is 29.1 Å². The Hall–Kier alpha value is -0.440. The minimum absolute atomic E-state index is 0.215. The Morgan fingerprint density at radius 1 is 1.67 bits per heavy atom. The molecule has 0 radical (unpaired) electrons. The fourth-order valence-corrected chi connectivity index (χ4v) is 1.41. The molecule has 0 bridgehead atoms. The van der Waals surface area contributed by atoms with Gasteiger partial charge in [0, 0.05) is 19.0 Å². The third kappa shape index (κ3) is 2.55. The van der Waals surface area contributed by atoms with Crippen LogP contribution in [0.15, 0.2) is 12.7 Å². The van der Waals surface area contributed by atoms with Crippen LogP contribution in [0.3, 0.4) is 0 Å². The molecule has 0 unspecified atom stereocenters. The molecule has 1 aliphatic rings. The van der Waals surface area contributed by atoms with Gasteiger partial charge in [-0.05, 0) is 18.6 Å². The average molecular weight is 185 g/mol. The van der Waals surface area contributed by atoms with E-state index in [0.29, 0.717) is 24.8 Å². The van der Waals surface area contributed by atoms with Crippen LogP contribution in [0.25, 0.3) is 0 Å². The zero-order valence-electron chi connectivity index (χ0n) is 7.20. The molecular formula is C9H15NOS. The molecule has 3 heteroatoms. The first-order chi connectivity index (χ1) is 5.79. The van der Waals surface area contributed by atoms with E-state index >= 15 is 0 Å². The van der Waals surface area contributed by atoms with E-state index in [-0.39, 0.29) is 5.91 Å². The van der Waals surface area contributed by atoms with Crippen molar-refractivity contribution >= 4 is 18.5 Å². The summed E-state index contributed by atoms with van der Waals surface area (Å²) in [6.45, 7) is 4.33. The minimum atomic E-state index is 0.215. The largest absolute Gasteiger partial charge is 0.336 e. The van der Waals surface area contributed by atoms with Gasteiger partial charge in [-0.2, -0.15) is 12.6 Å². The smallest absolute Gasteiger partial charge is 0.223 e. The average Bonchev–Trinajstić information content (AvgIpc) is 2.83.